The minimum absolute atomic E-state index is 0.178. The van der Waals surface area contributed by atoms with Crippen molar-refractivity contribution in [2.45, 2.75) is 18.4 Å². The smallest absolute Gasteiger partial charge is 0.319 e. The largest absolute Gasteiger partial charge is 0.497 e. The van der Waals surface area contributed by atoms with Crippen LogP contribution in [0.3, 0.4) is 0 Å². The number of urea groups is 1. The number of carbonyl (C=O) groups is 1. The molecule has 1 aliphatic carbocycles. The molecule has 5 heteroatoms. The van der Waals surface area contributed by atoms with Gasteiger partial charge in [-0.2, -0.15) is 0 Å². The number of carbonyl (C=O) groups excluding carboxylic acids is 1. The number of nitrogens with one attached hydrogen (secondary N) is 2. The van der Waals surface area contributed by atoms with Gasteiger partial charge >= 0.3 is 6.03 Å². The summed E-state index contributed by atoms with van der Waals surface area (Å²) in [5, 5.41) is 5.65. The van der Waals surface area contributed by atoms with E-state index in [1.165, 1.54) is 0 Å². The Hall–Kier alpha value is -1.75. The SMILES string of the molecule is COc1cccc(NC(=O)NC2(CN)CC2)c1. The van der Waals surface area contributed by atoms with E-state index in [2.05, 4.69) is 10.6 Å². The second kappa shape index (κ2) is 4.63. The van der Waals surface area contributed by atoms with Crippen LogP contribution < -0.4 is 21.1 Å². The zero-order valence-electron chi connectivity index (χ0n) is 9.82. The van der Waals surface area contributed by atoms with Crippen LogP contribution in [0.25, 0.3) is 0 Å². The van der Waals surface area contributed by atoms with E-state index in [9.17, 15) is 4.79 Å². The molecule has 0 unspecified atom stereocenters. The third kappa shape index (κ3) is 2.88. The number of hydrogen-bond donors (Lipinski definition) is 3. The number of rotatable bonds is 4. The zero-order chi connectivity index (χ0) is 12.3. The first-order valence-corrected chi connectivity index (χ1v) is 5.61. The second-order valence-corrected chi connectivity index (χ2v) is 4.30. The predicted molar refractivity (Wildman–Crippen MR) is 66.2 cm³/mol. The lowest BCUT2D eigenvalue weighted by molar-refractivity contribution is 0.247. The maximum atomic E-state index is 11.7. The minimum atomic E-state index is -0.221. The molecule has 92 valence electrons. The second-order valence-electron chi connectivity index (χ2n) is 4.30. The first-order chi connectivity index (χ1) is 8.17. The van der Waals surface area contributed by atoms with E-state index < -0.39 is 0 Å². The number of benzene rings is 1. The monoisotopic (exact) mass is 235 g/mol. The first-order valence-electron chi connectivity index (χ1n) is 5.61. The molecule has 1 aromatic carbocycles. The molecule has 0 aliphatic heterocycles. The Morgan fingerprint density at radius 1 is 1.53 bits per heavy atom. The van der Waals surface area contributed by atoms with Crippen LogP contribution in [0, 0.1) is 0 Å². The van der Waals surface area contributed by atoms with Gasteiger partial charge in [0.25, 0.3) is 0 Å². The molecule has 1 saturated carbocycles. The van der Waals surface area contributed by atoms with Gasteiger partial charge in [0.15, 0.2) is 0 Å². The van der Waals surface area contributed by atoms with Crippen molar-refractivity contribution in [3.63, 3.8) is 0 Å². The van der Waals surface area contributed by atoms with Crippen molar-refractivity contribution in [3.05, 3.63) is 24.3 Å². The Morgan fingerprint density at radius 3 is 2.88 bits per heavy atom. The lowest BCUT2D eigenvalue weighted by atomic mass is 10.3. The van der Waals surface area contributed by atoms with Gasteiger partial charge in [-0.15, -0.1) is 0 Å². The van der Waals surface area contributed by atoms with Crippen LogP contribution in [-0.4, -0.2) is 25.2 Å². The number of anilines is 1. The molecule has 2 amide bonds. The summed E-state index contributed by atoms with van der Waals surface area (Å²) >= 11 is 0. The molecule has 1 aliphatic rings. The molecule has 0 bridgehead atoms. The number of hydrogen-bond acceptors (Lipinski definition) is 3. The van der Waals surface area contributed by atoms with Gasteiger partial charge in [0.2, 0.25) is 0 Å². The number of methoxy groups -OCH3 is 1. The average molecular weight is 235 g/mol. The summed E-state index contributed by atoms with van der Waals surface area (Å²) < 4.78 is 5.08. The van der Waals surface area contributed by atoms with Gasteiger partial charge in [-0.1, -0.05) is 6.07 Å². The number of amides is 2. The van der Waals surface area contributed by atoms with Crippen molar-refractivity contribution < 1.29 is 9.53 Å². The minimum Gasteiger partial charge on any atom is -0.497 e. The van der Waals surface area contributed by atoms with Gasteiger partial charge in [0.05, 0.1) is 12.6 Å². The number of nitrogens with two attached hydrogens (primary N) is 1. The Kier molecular flexibility index (Phi) is 3.19. The molecule has 5 nitrogen and oxygen atoms in total. The summed E-state index contributed by atoms with van der Waals surface area (Å²) in [5.41, 5.74) is 6.12. The fraction of sp³-hybridized carbons (Fsp3) is 0.417. The molecule has 0 saturated heterocycles. The maximum Gasteiger partial charge on any atom is 0.319 e. The lowest BCUT2D eigenvalue weighted by Crippen LogP contribution is -2.44. The average Bonchev–Trinajstić information content (AvgIpc) is 3.09. The summed E-state index contributed by atoms with van der Waals surface area (Å²) in [6.45, 7) is 0.485. The molecule has 0 aromatic heterocycles. The molecule has 0 heterocycles. The molecule has 0 spiro atoms. The van der Waals surface area contributed by atoms with Crippen LogP contribution in [0.1, 0.15) is 12.8 Å². The Labute approximate surface area is 100 Å². The first kappa shape index (κ1) is 11.7. The van der Waals surface area contributed by atoms with Crippen LogP contribution in [0.2, 0.25) is 0 Å². The van der Waals surface area contributed by atoms with Crippen LogP contribution in [0.15, 0.2) is 24.3 Å². The van der Waals surface area contributed by atoms with Gasteiger partial charge in [0, 0.05) is 18.3 Å². The third-order valence-corrected chi connectivity index (χ3v) is 2.95. The van der Waals surface area contributed by atoms with Crippen LogP contribution in [-0.2, 0) is 0 Å². The van der Waals surface area contributed by atoms with E-state index >= 15 is 0 Å². The van der Waals surface area contributed by atoms with Crippen molar-refractivity contribution in [1.82, 2.24) is 5.32 Å². The van der Waals surface area contributed by atoms with Crippen LogP contribution >= 0.6 is 0 Å². The highest BCUT2D eigenvalue weighted by Gasteiger charge is 2.42. The van der Waals surface area contributed by atoms with E-state index in [1.807, 2.05) is 18.2 Å². The van der Waals surface area contributed by atoms with Crippen LogP contribution in [0.4, 0.5) is 10.5 Å². The summed E-state index contributed by atoms with van der Waals surface area (Å²) in [6, 6.07) is 7.00. The number of ether oxygens (including phenoxy) is 1. The van der Waals surface area contributed by atoms with Crippen molar-refractivity contribution in [1.29, 1.82) is 0 Å². The molecular weight excluding hydrogens is 218 g/mol. The summed E-state index contributed by atoms with van der Waals surface area (Å²) in [4.78, 5) is 11.7. The Bertz CT molecular complexity index is 416. The highest BCUT2D eigenvalue weighted by Crippen LogP contribution is 2.33. The summed E-state index contributed by atoms with van der Waals surface area (Å²) in [5.74, 6) is 0.711. The van der Waals surface area contributed by atoms with E-state index in [1.54, 1.807) is 13.2 Å². The van der Waals surface area contributed by atoms with E-state index in [0.29, 0.717) is 18.0 Å². The molecule has 0 atom stereocenters. The summed E-state index contributed by atoms with van der Waals surface area (Å²) in [7, 11) is 1.59. The predicted octanol–water partition coefficient (Wildman–Crippen LogP) is 1.31. The zero-order valence-corrected chi connectivity index (χ0v) is 9.82. The van der Waals surface area contributed by atoms with E-state index in [0.717, 1.165) is 12.8 Å². The molecule has 0 radical (unpaired) electrons. The lowest BCUT2D eigenvalue weighted by Gasteiger charge is -2.15. The molecule has 2 rings (SSSR count). The van der Waals surface area contributed by atoms with Crippen molar-refractivity contribution in [2.24, 2.45) is 5.73 Å². The topological polar surface area (TPSA) is 76.4 Å². The van der Waals surface area contributed by atoms with Crippen molar-refractivity contribution in [2.75, 3.05) is 19.0 Å². The maximum absolute atomic E-state index is 11.7. The molecule has 1 fully saturated rings. The van der Waals surface area contributed by atoms with Gasteiger partial charge in [-0.05, 0) is 25.0 Å². The van der Waals surface area contributed by atoms with Crippen molar-refractivity contribution in [3.8, 4) is 5.75 Å². The van der Waals surface area contributed by atoms with E-state index in [-0.39, 0.29) is 11.6 Å². The molecular formula is C12H17N3O2. The fourth-order valence-corrected chi connectivity index (χ4v) is 1.64. The Morgan fingerprint density at radius 2 is 2.29 bits per heavy atom. The van der Waals surface area contributed by atoms with Gasteiger partial charge in [-0.25, -0.2) is 4.79 Å². The van der Waals surface area contributed by atoms with Gasteiger partial charge in [0.1, 0.15) is 5.75 Å². The van der Waals surface area contributed by atoms with Crippen LogP contribution in [0.5, 0.6) is 5.75 Å². The summed E-state index contributed by atoms with van der Waals surface area (Å²) in [6.07, 6.45) is 1.91. The normalized spacial score (nSPS) is 16.1. The van der Waals surface area contributed by atoms with Gasteiger partial charge < -0.3 is 21.1 Å². The third-order valence-electron chi connectivity index (χ3n) is 2.95. The quantitative estimate of drug-likeness (QED) is 0.736. The Balaban J connectivity index is 1.93. The van der Waals surface area contributed by atoms with E-state index in [4.69, 9.17) is 10.5 Å². The standard InChI is InChI=1S/C12H17N3O2/c1-17-10-4-2-3-9(7-10)14-11(16)15-12(8-13)5-6-12/h2-4,7H,5-6,8,13H2,1H3,(H2,14,15,16). The molecule has 4 N–H and O–H groups in total. The van der Waals surface area contributed by atoms with Crippen molar-refractivity contribution >= 4 is 11.7 Å². The highest BCUT2D eigenvalue weighted by molar-refractivity contribution is 5.90. The molecule has 17 heavy (non-hydrogen) atoms. The fourth-order valence-electron chi connectivity index (χ4n) is 1.64. The molecule has 1 aromatic rings. The highest BCUT2D eigenvalue weighted by atomic mass is 16.5. The van der Waals surface area contributed by atoms with Gasteiger partial charge in [-0.3, -0.25) is 0 Å².